The van der Waals surface area contributed by atoms with Gasteiger partial charge in [0, 0.05) is 5.92 Å². The lowest BCUT2D eigenvalue weighted by molar-refractivity contribution is -0.117. The Morgan fingerprint density at radius 3 is 2.53 bits per heavy atom. The number of anilines is 1. The molecule has 0 unspecified atom stereocenters. The Morgan fingerprint density at radius 2 is 2.06 bits per heavy atom. The van der Waals surface area contributed by atoms with E-state index in [1.807, 2.05) is 0 Å². The van der Waals surface area contributed by atoms with Crippen molar-refractivity contribution in [3.63, 3.8) is 0 Å². The SMILES string of the molecule is NS(=O)(=O)c1ccc(NC(=O)C2CC2)c(F)c1. The van der Waals surface area contributed by atoms with E-state index < -0.39 is 15.8 Å². The molecular formula is C10H11FN2O3S. The molecule has 1 aliphatic rings. The first-order valence-electron chi connectivity index (χ1n) is 5.01. The maximum atomic E-state index is 13.5. The molecule has 3 N–H and O–H groups in total. The number of nitrogens with one attached hydrogen (secondary N) is 1. The van der Waals surface area contributed by atoms with E-state index >= 15 is 0 Å². The fraction of sp³-hybridized carbons (Fsp3) is 0.300. The second kappa shape index (κ2) is 4.08. The number of sulfonamides is 1. The molecular weight excluding hydrogens is 247 g/mol. The quantitative estimate of drug-likeness (QED) is 0.841. The first kappa shape index (κ1) is 12.0. The summed E-state index contributed by atoms with van der Waals surface area (Å²) < 4.78 is 35.4. The second-order valence-electron chi connectivity index (χ2n) is 3.95. The highest BCUT2D eigenvalue weighted by molar-refractivity contribution is 7.89. The van der Waals surface area contributed by atoms with Gasteiger partial charge in [0.05, 0.1) is 10.6 Å². The average molecular weight is 258 g/mol. The van der Waals surface area contributed by atoms with Gasteiger partial charge in [0.15, 0.2) is 0 Å². The van der Waals surface area contributed by atoms with Gasteiger partial charge in [-0.15, -0.1) is 0 Å². The van der Waals surface area contributed by atoms with Gasteiger partial charge in [-0.1, -0.05) is 0 Å². The summed E-state index contributed by atoms with van der Waals surface area (Å²) in [5.74, 6) is -1.11. The molecule has 0 radical (unpaired) electrons. The second-order valence-corrected chi connectivity index (χ2v) is 5.51. The van der Waals surface area contributed by atoms with Crippen LogP contribution in [-0.2, 0) is 14.8 Å². The van der Waals surface area contributed by atoms with Gasteiger partial charge in [-0.3, -0.25) is 4.79 Å². The van der Waals surface area contributed by atoms with Gasteiger partial charge in [-0.05, 0) is 31.0 Å². The highest BCUT2D eigenvalue weighted by atomic mass is 32.2. The Balaban J connectivity index is 2.22. The van der Waals surface area contributed by atoms with Gasteiger partial charge < -0.3 is 5.32 Å². The van der Waals surface area contributed by atoms with Crippen LogP contribution in [0.3, 0.4) is 0 Å². The zero-order valence-electron chi connectivity index (χ0n) is 8.81. The summed E-state index contributed by atoms with van der Waals surface area (Å²) in [6, 6.07) is 3.13. The summed E-state index contributed by atoms with van der Waals surface area (Å²) >= 11 is 0. The van der Waals surface area contributed by atoms with Crippen molar-refractivity contribution in [3.8, 4) is 0 Å². The Labute approximate surface area is 97.9 Å². The minimum atomic E-state index is -3.93. The standard InChI is InChI=1S/C10H11FN2O3S/c11-8-5-7(17(12,15)16)3-4-9(8)13-10(14)6-1-2-6/h3-6H,1-2H2,(H,13,14)(H2,12,15,16). The highest BCUT2D eigenvalue weighted by Gasteiger charge is 2.30. The van der Waals surface area contributed by atoms with Crippen molar-refractivity contribution in [2.24, 2.45) is 11.1 Å². The molecule has 1 aliphatic carbocycles. The zero-order chi connectivity index (χ0) is 12.6. The molecule has 0 spiro atoms. The molecule has 0 saturated heterocycles. The lowest BCUT2D eigenvalue weighted by atomic mass is 10.3. The smallest absolute Gasteiger partial charge is 0.238 e. The molecule has 0 atom stereocenters. The normalized spacial score (nSPS) is 15.6. The number of hydrogen-bond donors (Lipinski definition) is 2. The van der Waals surface area contributed by atoms with Crippen LogP contribution >= 0.6 is 0 Å². The number of carbonyl (C=O) groups is 1. The molecule has 0 aliphatic heterocycles. The Kier molecular flexibility index (Phi) is 2.88. The van der Waals surface area contributed by atoms with Crippen LogP contribution in [0.1, 0.15) is 12.8 Å². The monoisotopic (exact) mass is 258 g/mol. The van der Waals surface area contributed by atoms with E-state index in [0.29, 0.717) is 0 Å². The summed E-state index contributed by atoms with van der Waals surface area (Å²) in [6.45, 7) is 0. The van der Waals surface area contributed by atoms with Gasteiger partial charge in [-0.2, -0.15) is 0 Å². The molecule has 0 aromatic heterocycles. The lowest BCUT2D eigenvalue weighted by Crippen LogP contribution is -2.16. The molecule has 1 amide bonds. The van der Waals surface area contributed by atoms with Crippen LogP contribution in [0.2, 0.25) is 0 Å². The number of hydrogen-bond acceptors (Lipinski definition) is 3. The lowest BCUT2D eigenvalue weighted by Gasteiger charge is -2.06. The van der Waals surface area contributed by atoms with E-state index in [1.54, 1.807) is 0 Å². The van der Waals surface area contributed by atoms with Crippen LogP contribution in [0.4, 0.5) is 10.1 Å². The van der Waals surface area contributed by atoms with Crippen LogP contribution in [0.25, 0.3) is 0 Å². The summed E-state index contributed by atoms with van der Waals surface area (Å²) in [7, 11) is -3.93. The molecule has 1 aromatic carbocycles. The van der Waals surface area contributed by atoms with E-state index in [4.69, 9.17) is 5.14 Å². The molecule has 1 saturated carbocycles. The van der Waals surface area contributed by atoms with E-state index in [-0.39, 0.29) is 22.4 Å². The molecule has 92 valence electrons. The van der Waals surface area contributed by atoms with Crippen LogP contribution in [-0.4, -0.2) is 14.3 Å². The van der Waals surface area contributed by atoms with Crippen molar-refractivity contribution in [2.45, 2.75) is 17.7 Å². The summed E-state index contributed by atoms with van der Waals surface area (Å²) in [5.41, 5.74) is -0.0331. The zero-order valence-corrected chi connectivity index (χ0v) is 9.63. The molecule has 0 bridgehead atoms. The molecule has 0 heterocycles. The number of carbonyl (C=O) groups excluding carboxylic acids is 1. The molecule has 1 aromatic rings. The number of nitrogens with two attached hydrogens (primary N) is 1. The number of rotatable bonds is 3. The van der Waals surface area contributed by atoms with Crippen molar-refractivity contribution in [1.29, 1.82) is 0 Å². The Hall–Kier alpha value is -1.47. The van der Waals surface area contributed by atoms with Crippen molar-refractivity contribution in [1.82, 2.24) is 0 Å². The predicted molar refractivity (Wildman–Crippen MR) is 59.1 cm³/mol. The van der Waals surface area contributed by atoms with Crippen molar-refractivity contribution < 1.29 is 17.6 Å². The number of amides is 1. The average Bonchev–Trinajstić information content (AvgIpc) is 3.02. The fourth-order valence-electron chi connectivity index (χ4n) is 1.35. The van der Waals surface area contributed by atoms with Crippen LogP contribution in [0, 0.1) is 11.7 Å². The first-order chi connectivity index (χ1) is 7.88. The summed E-state index contributed by atoms with van der Waals surface area (Å²) in [5, 5.41) is 7.25. The number of benzene rings is 1. The molecule has 17 heavy (non-hydrogen) atoms. The van der Waals surface area contributed by atoms with Crippen molar-refractivity contribution in [2.75, 3.05) is 5.32 Å². The first-order valence-corrected chi connectivity index (χ1v) is 6.56. The van der Waals surface area contributed by atoms with Crippen LogP contribution in [0.15, 0.2) is 23.1 Å². The highest BCUT2D eigenvalue weighted by Crippen LogP contribution is 2.30. The maximum Gasteiger partial charge on any atom is 0.238 e. The van der Waals surface area contributed by atoms with Crippen LogP contribution in [0.5, 0.6) is 0 Å². The Bertz CT molecular complexity index is 567. The summed E-state index contributed by atoms with van der Waals surface area (Å²) in [6.07, 6.45) is 1.62. The van der Waals surface area contributed by atoms with E-state index in [0.717, 1.165) is 25.0 Å². The van der Waals surface area contributed by atoms with Crippen molar-refractivity contribution >= 4 is 21.6 Å². The van der Waals surface area contributed by atoms with E-state index in [9.17, 15) is 17.6 Å². The number of halogens is 1. The van der Waals surface area contributed by atoms with Gasteiger partial charge in [0.1, 0.15) is 5.82 Å². The minimum Gasteiger partial charge on any atom is -0.323 e. The van der Waals surface area contributed by atoms with Crippen LogP contribution < -0.4 is 10.5 Å². The number of primary sulfonamides is 1. The van der Waals surface area contributed by atoms with Gasteiger partial charge in [0.2, 0.25) is 15.9 Å². The molecule has 5 nitrogen and oxygen atoms in total. The minimum absolute atomic E-state index is 0.0331. The third-order valence-electron chi connectivity index (χ3n) is 2.48. The summed E-state index contributed by atoms with van der Waals surface area (Å²) in [4.78, 5) is 11.1. The maximum absolute atomic E-state index is 13.5. The van der Waals surface area contributed by atoms with Crippen molar-refractivity contribution in [3.05, 3.63) is 24.0 Å². The van der Waals surface area contributed by atoms with E-state index in [2.05, 4.69) is 5.32 Å². The predicted octanol–water partition coefficient (Wildman–Crippen LogP) is 0.822. The largest absolute Gasteiger partial charge is 0.323 e. The van der Waals surface area contributed by atoms with Gasteiger partial charge in [-0.25, -0.2) is 17.9 Å². The Morgan fingerprint density at radius 1 is 1.41 bits per heavy atom. The molecule has 1 fully saturated rings. The van der Waals surface area contributed by atoms with Gasteiger partial charge in [0.25, 0.3) is 0 Å². The van der Waals surface area contributed by atoms with E-state index in [1.165, 1.54) is 6.07 Å². The molecule has 7 heteroatoms. The third-order valence-corrected chi connectivity index (χ3v) is 3.39. The van der Waals surface area contributed by atoms with Gasteiger partial charge >= 0.3 is 0 Å². The molecule has 2 rings (SSSR count). The topological polar surface area (TPSA) is 89.3 Å². The third kappa shape index (κ3) is 2.80. The fourth-order valence-corrected chi connectivity index (χ4v) is 1.88.